The minimum absolute atomic E-state index is 0.0875. The summed E-state index contributed by atoms with van der Waals surface area (Å²) in [6.07, 6.45) is 0. The van der Waals surface area contributed by atoms with Gasteiger partial charge in [-0.3, -0.25) is 4.79 Å². The Balaban J connectivity index is 2.00. The summed E-state index contributed by atoms with van der Waals surface area (Å²) in [7, 11) is -2.42. The Bertz CT molecular complexity index is 1260. The van der Waals surface area contributed by atoms with Gasteiger partial charge in [-0.15, -0.1) is 11.3 Å². The third-order valence-electron chi connectivity index (χ3n) is 5.12. The number of ether oxygens (including phenoxy) is 2. The topological polar surface area (TPSA) is 136 Å². The van der Waals surface area contributed by atoms with Gasteiger partial charge in [-0.1, -0.05) is 12.6 Å². The molecule has 0 fully saturated rings. The van der Waals surface area contributed by atoms with Crippen LogP contribution in [0, 0.1) is 5.92 Å². The molecule has 8 nitrogen and oxygen atoms in total. The Morgan fingerprint density at radius 3 is 2.32 bits per heavy atom. The number of nitrogens with two attached hydrogens (primary N) is 1. The van der Waals surface area contributed by atoms with E-state index >= 15 is 0 Å². The summed E-state index contributed by atoms with van der Waals surface area (Å²) in [5, 5.41) is 25.7. The van der Waals surface area contributed by atoms with E-state index in [0.717, 1.165) is 4.88 Å². The van der Waals surface area contributed by atoms with E-state index in [-0.39, 0.29) is 35.9 Å². The van der Waals surface area contributed by atoms with Gasteiger partial charge in [0.25, 0.3) is 0 Å². The first-order chi connectivity index (χ1) is 16.2. The van der Waals surface area contributed by atoms with Gasteiger partial charge in [-0.05, 0) is 41.8 Å². The highest BCUT2D eigenvalue weighted by Crippen LogP contribution is 2.41. The molecule has 3 aromatic rings. The number of hydrogen-bond donors (Lipinski definition) is 3. The number of methoxy groups -OCH3 is 1. The molecule has 0 amide bonds. The molecule has 0 atom stereocenters. The third kappa shape index (κ3) is 5.72. The number of thiophene rings is 1. The number of benzene rings is 2. The molecule has 0 aliphatic carbocycles. The van der Waals surface area contributed by atoms with Crippen molar-refractivity contribution in [3.05, 3.63) is 71.6 Å². The number of hydrogen-bond acceptors (Lipinski definition) is 8. The molecule has 3 rings (SSSR count). The van der Waals surface area contributed by atoms with Crippen LogP contribution in [0.3, 0.4) is 0 Å². The lowest BCUT2D eigenvalue weighted by Crippen LogP contribution is -2.20. The molecule has 34 heavy (non-hydrogen) atoms. The highest BCUT2D eigenvalue weighted by atomic mass is 32.2. The number of primary sulfonamides is 1. The fourth-order valence-corrected chi connectivity index (χ4v) is 4.44. The summed E-state index contributed by atoms with van der Waals surface area (Å²) in [4.78, 5) is 13.9. The van der Waals surface area contributed by atoms with Gasteiger partial charge >= 0.3 is 0 Å². The number of carbonyl (C=O) groups is 1. The predicted octanol–water partition coefficient (Wildman–Crippen LogP) is 2.95. The van der Waals surface area contributed by atoms with Crippen molar-refractivity contribution in [2.75, 3.05) is 26.9 Å². The van der Waals surface area contributed by atoms with Crippen molar-refractivity contribution in [3.63, 3.8) is 0 Å². The van der Waals surface area contributed by atoms with Gasteiger partial charge in [-0.25, -0.2) is 13.6 Å². The minimum atomic E-state index is -3.88. The molecule has 0 spiro atoms. The van der Waals surface area contributed by atoms with Gasteiger partial charge in [0.1, 0.15) is 11.5 Å². The zero-order valence-corrected chi connectivity index (χ0v) is 20.1. The number of carbonyl (C=O) groups excluding carboxylic acids is 1. The SMILES string of the molecule is C=C(C(=O)c1ccc(S(N)(=O)=O)cc1)c1cc(-c2cccs2)c(OCC(CO)CO)cc1OC. The molecule has 0 unspecified atom stereocenters. The molecular formula is C24H25NO7S2. The maximum atomic E-state index is 13.1. The van der Waals surface area contributed by atoms with Crippen LogP contribution in [-0.4, -0.2) is 51.3 Å². The zero-order chi connectivity index (χ0) is 24.9. The molecule has 0 radical (unpaired) electrons. The second kappa shape index (κ2) is 10.9. The fourth-order valence-electron chi connectivity index (χ4n) is 3.17. The van der Waals surface area contributed by atoms with Gasteiger partial charge < -0.3 is 19.7 Å². The van der Waals surface area contributed by atoms with E-state index < -0.39 is 21.7 Å². The van der Waals surface area contributed by atoms with E-state index in [1.165, 1.54) is 42.7 Å². The van der Waals surface area contributed by atoms with Crippen LogP contribution in [0.1, 0.15) is 15.9 Å². The van der Waals surface area contributed by atoms with Crippen LogP contribution in [0.15, 0.2) is 65.4 Å². The first-order valence-corrected chi connectivity index (χ1v) is 12.6. The number of ketones is 1. The predicted molar refractivity (Wildman–Crippen MR) is 131 cm³/mol. The zero-order valence-electron chi connectivity index (χ0n) is 18.4. The number of rotatable bonds is 11. The number of aliphatic hydroxyl groups is 2. The van der Waals surface area contributed by atoms with Crippen LogP contribution in [0.25, 0.3) is 16.0 Å². The van der Waals surface area contributed by atoms with Crippen LogP contribution in [-0.2, 0) is 10.0 Å². The Morgan fingerprint density at radius 1 is 1.12 bits per heavy atom. The van der Waals surface area contributed by atoms with Crippen LogP contribution in [0.4, 0.5) is 0 Å². The molecule has 180 valence electrons. The molecule has 0 saturated heterocycles. The molecule has 1 aromatic heterocycles. The average molecular weight is 504 g/mol. The monoisotopic (exact) mass is 503 g/mol. The standard InChI is InChI=1S/C24H25NO7S2/c1-15(24(28)17-5-7-18(8-6-17)34(25,29)30)19-10-20(23-4-3-9-33-23)22(11-21(19)31-2)32-14-16(12-26)13-27/h3-11,16,26-27H,1,12-14H2,2H3,(H2,25,29,30). The molecule has 1 heterocycles. The summed E-state index contributed by atoms with van der Waals surface area (Å²) in [5.41, 5.74) is 1.53. The Hall–Kier alpha value is -3.02. The van der Waals surface area contributed by atoms with E-state index in [1.54, 1.807) is 12.1 Å². The summed E-state index contributed by atoms with van der Waals surface area (Å²) in [5.74, 6) is -0.0449. The summed E-state index contributed by atoms with van der Waals surface area (Å²) >= 11 is 1.48. The van der Waals surface area contributed by atoms with E-state index in [1.807, 2.05) is 17.5 Å². The van der Waals surface area contributed by atoms with Crippen molar-refractivity contribution in [2.45, 2.75) is 4.90 Å². The molecule has 10 heteroatoms. The van der Waals surface area contributed by atoms with Crippen LogP contribution in [0.2, 0.25) is 0 Å². The van der Waals surface area contributed by atoms with Crippen molar-refractivity contribution in [1.82, 2.24) is 0 Å². The Kier molecular flexibility index (Phi) is 8.24. The summed E-state index contributed by atoms with van der Waals surface area (Å²) in [6, 6.07) is 12.4. The fraction of sp³-hybridized carbons (Fsp3) is 0.208. The maximum absolute atomic E-state index is 13.1. The van der Waals surface area contributed by atoms with Gasteiger partial charge in [0.05, 0.1) is 31.8 Å². The lowest BCUT2D eigenvalue weighted by molar-refractivity contribution is 0.105. The molecule has 0 aliphatic heterocycles. The average Bonchev–Trinajstić information content (AvgIpc) is 3.37. The molecular weight excluding hydrogens is 478 g/mol. The van der Waals surface area contributed by atoms with Gasteiger partial charge in [0, 0.05) is 39.1 Å². The largest absolute Gasteiger partial charge is 0.496 e. The highest BCUT2D eigenvalue weighted by Gasteiger charge is 2.21. The normalized spacial score (nSPS) is 11.4. The van der Waals surface area contributed by atoms with Gasteiger partial charge in [-0.2, -0.15) is 0 Å². The van der Waals surface area contributed by atoms with Crippen LogP contribution >= 0.6 is 11.3 Å². The molecule has 0 bridgehead atoms. The second-order valence-corrected chi connectivity index (χ2v) is 9.95. The van der Waals surface area contributed by atoms with Crippen molar-refractivity contribution < 1.29 is 32.9 Å². The number of Topliss-reactive ketones (excluding diaryl/α,β-unsaturated/α-hetero) is 1. The number of allylic oxidation sites excluding steroid dienone is 1. The second-order valence-electron chi connectivity index (χ2n) is 7.45. The Labute approximate surface area is 201 Å². The van der Waals surface area contributed by atoms with Crippen molar-refractivity contribution in [3.8, 4) is 21.9 Å². The smallest absolute Gasteiger partial charge is 0.238 e. The lowest BCUT2D eigenvalue weighted by Gasteiger charge is -2.19. The number of sulfonamides is 1. The quantitative estimate of drug-likeness (QED) is 0.270. The minimum Gasteiger partial charge on any atom is -0.496 e. The van der Waals surface area contributed by atoms with Gasteiger partial charge in [0.2, 0.25) is 10.0 Å². The lowest BCUT2D eigenvalue weighted by atomic mass is 9.95. The first-order valence-electron chi connectivity index (χ1n) is 10.2. The maximum Gasteiger partial charge on any atom is 0.238 e. The van der Waals surface area contributed by atoms with Crippen molar-refractivity contribution in [1.29, 1.82) is 0 Å². The van der Waals surface area contributed by atoms with E-state index in [2.05, 4.69) is 6.58 Å². The Morgan fingerprint density at radius 2 is 1.79 bits per heavy atom. The van der Waals surface area contributed by atoms with E-state index in [0.29, 0.717) is 22.6 Å². The number of aliphatic hydroxyl groups excluding tert-OH is 2. The molecule has 4 N–H and O–H groups in total. The van der Waals surface area contributed by atoms with Crippen LogP contribution in [0.5, 0.6) is 11.5 Å². The molecule has 2 aromatic carbocycles. The summed E-state index contributed by atoms with van der Waals surface area (Å²) < 4.78 is 34.4. The van der Waals surface area contributed by atoms with E-state index in [4.69, 9.17) is 14.6 Å². The summed E-state index contributed by atoms with van der Waals surface area (Å²) in [6.45, 7) is 3.59. The highest BCUT2D eigenvalue weighted by molar-refractivity contribution is 7.89. The first kappa shape index (κ1) is 25.6. The van der Waals surface area contributed by atoms with E-state index in [9.17, 15) is 23.4 Å². The molecule has 0 aliphatic rings. The van der Waals surface area contributed by atoms with Crippen LogP contribution < -0.4 is 14.6 Å². The van der Waals surface area contributed by atoms with Crippen molar-refractivity contribution >= 4 is 32.7 Å². The van der Waals surface area contributed by atoms with Crippen molar-refractivity contribution in [2.24, 2.45) is 11.1 Å². The third-order valence-corrected chi connectivity index (χ3v) is 6.96. The molecule has 0 saturated carbocycles. The van der Waals surface area contributed by atoms with Gasteiger partial charge in [0.15, 0.2) is 5.78 Å².